The number of nitrogens with one attached hydrogen (secondary N) is 1. The molecule has 0 bridgehead atoms. The summed E-state index contributed by atoms with van der Waals surface area (Å²) in [5, 5.41) is 12.1. The van der Waals surface area contributed by atoms with E-state index >= 15 is 0 Å². The minimum absolute atomic E-state index is 0.573. The molecule has 0 radical (unpaired) electrons. The minimum atomic E-state index is 0.573. The maximum Gasteiger partial charge on any atom is 0.185 e. The molecule has 2 aromatic rings. The molecule has 0 saturated carbocycles. The van der Waals surface area contributed by atoms with Gasteiger partial charge < -0.3 is 5.32 Å². The zero-order valence-electron chi connectivity index (χ0n) is 10.8. The number of hydrogen-bond donors (Lipinski definition) is 1. The molecule has 0 atom stereocenters. The average molecular weight is 254 g/mol. The van der Waals surface area contributed by atoms with Gasteiger partial charge in [-0.2, -0.15) is 5.26 Å². The minimum Gasteiger partial charge on any atom is -0.366 e. The Morgan fingerprint density at radius 2 is 2.26 bits per heavy atom. The molecule has 6 nitrogen and oxygen atoms in total. The maximum absolute atomic E-state index is 8.86. The number of hydrogen-bond acceptors (Lipinski definition) is 6. The van der Waals surface area contributed by atoms with Gasteiger partial charge in [0, 0.05) is 32.1 Å². The molecular weight excluding hydrogens is 240 g/mol. The van der Waals surface area contributed by atoms with Crippen molar-refractivity contribution in [2.45, 2.75) is 13.5 Å². The number of aromatic nitrogens is 3. The zero-order valence-corrected chi connectivity index (χ0v) is 10.8. The SMILES string of the molecule is Cc1nc(NCc2cccnc2)cc(N(C)C#N)n1. The highest BCUT2D eigenvalue weighted by atomic mass is 15.2. The Morgan fingerprint density at radius 3 is 2.95 bits per heavy atom. The Bertz CT molecular complexity index is 590. The Morgan fingerprint density at radius 1 is 1.42 bits per heavy atom. The van der Waals surface area contributed by atoms with Gasteiger partial charge in [-0.25, -0.2) is 9.97 Å². The molecule has 0 fully saturated rings. The largest absolute Gasteiger partial charge is 0.366 e. The highest BCUT2D eigenvalue weighted by Gasteiger charge is 2.05. The van der Waals surface area contributed by atoms with Crippen LogP contribution in [0, 0.1) is 18.4 Å². The third-order valence-corrected chi connectivity index (χ3v) is 2.51. The topological polar surface area (TPSA) is 77.7 Å². The van der Waals surface area contributed by atoms with Gasteiger partial charge >= 0.3 is 0 Å². The van der Waals surface area contributed by atoms with E-state index in [4.69, 9.17) is 5.26 Å². The molecule has 0 aliphatic heterocycles. The molecule has 6 heteroatoms. The van der Waals surface area contributed by atoms with E-state index < -0.39 is 0 Å². The van der Waals surface area contributed by atoms with Crippen LogP contribution in [-0.2, 0) is 6.54 Å². The lowest BCUT2D eigenvalue weighted by molar-refractivity contribution is 0.993. The van der Waals surface area contributed by atoms with Gasteiger partial charge in [0.15, 0.2) is 6.19 Å². The van der Waals surface area contributed by atoms with Crippen molar-refractivity contribution in [1.29, 1.82) is 5.26 Å². The van der Waals surface area contributed by atoms with Crippen LogP contribution in [0.25, 0.3) is 0 Å². The predicted octanol–water partition coefficient (Wildman–Crippen LogP) is 1.71. The van der Waals surface area contributed by atoms with E-state index in [-0.39, 0.29) is 0 Å². The highest BCUT2D eigenvalue weighted by molar-refractivity contribution is 5.51. The number of nitrogens with zero attached hydrogens (tertiary/aromatic N) is 5. The summed E-state index contributed by atoms with van der Waals surface area (Å²) in [6.45, 7) is 2.42. The van der Waals surface area contributed by atoms with E-state index in [9.17, 15) is 0 Å². The maximum atomic E-state index is 8.86. The lowest BCUT2D eigenvalue weighted by Gasteiger charge is -2.11. The third kappa shape index (κ3) is 3.39. The van der Waals surface area contributed by atoms with Gasteiger partial charge in [0.25, 0.3) is 0 Å². The molecule has 2 aromatic heterocycles. The first-order valence-corrected chi connectivity index (χ1v) is 5.81. The second-order valence-electron chi connectivity index (χ2n) is 4.03. The van der Waals surface area contributed by atoms with Crippen molar-refractivity contribution < 1.29 is 0 Å². The number of pyridine rings is 1. The Labute approximate surface area is 111 Å². The van der Waals surface area contributed by atoms with E-state index in [1.165, 1.54) is 4.90 Å². The summed E-state index contributed by atoms with van der Waals surface area (Å²) < 4.78 is 0. The first-order valence-electron chi connectivity index (χ1n) is 5.81. The summed E-state index contributed by atoms with van der Waals surface area (Å²) >= 11 is 0. The molecule has 0 saturated heterocycles. The zero-order chi connectivity index (χ0) is 13.7. The molecule has 0 aliphatic carbocycles. The second kappa shape index (κ2) is 5.78. The molecule has 0 aromatic carbocycles. The summed E-state index contributed by atoms with van der Waals surface area (Å²) in [5.41, 5.74) is 1.06. The predicted molar refractivity (Wildman–Crippen MR) is 72.3 cm³/mol. The third-order valence-electron chi connectivity index (χ3n) is 2.51. The molecule has 19 heavy (non-hydrogen) atoms. The fourth-order valence-corrected chi connectivity index (χ4v) is 1.56. The van der Waals surface area contributed by atoms with E-state index in [0.717, 1.165) is 5.56 Å². The molecule has 96 valence electrons. The van der Waals surface area contributed by atoms with Crippen LogP contribution < -0.4 is 10.2 Å². The fourth-order valence-electron chi connectivity index (χ4n) is 1.56. The monoisotopic (exact) mass is 254 g/mol. The van der Waals surface area contributed by atoms with Crippen molar-refractivity contribution in [2.24, 2.45) is 0 Å². The van der Waals surface area contributed by atoms with Gasteiger partial charge in [-0.05, 0) is 18.6 Å². The molecule has 0 aliphatic rings. The van der Waals surface area contributed by atoms with E-state index in [2.05, 4.69) is 20.3 Å². The molecular formula is C13H14N6. The number of rotatable bonds is 4. The van der Waals surface area contributed by atoms with E-state index in [1.807, 2.05) is 18.3 Å². The van der Waals surface area contributed by atoms with Gasteiger partial charge in [-0.1, -0.05) is 6.07 Å². The number of anilines is 2. The lowest BCUT2D eigenvalue weighted by atomic mass is 10.3. The van der Waals surface area contributed by atoms with Gasteiger partial charge in [-0.3, -0.25) is 9.88 Å². The Kier molecular flexibility index (Phi) is 3.88. The lowest BCUT2D eigenvalue weighted by Crippen LogP contribution is -2.12. The van der Waals surface area contributed by atoms with Crippen LogP contribution in [0.4, 0.5) is 11.6 Å². The van der Waals surface area contributed by atoms with Crippen LogP contribution in [0.2, 0.25) is 0 Å². The van der Waals surface area contributed by atoms with Gasteiger partial charge in [0.2, 0.25) is 0 Å². The fraction of sp³-hybridized carbons (Fsp3) is 0.231. The van der Waals surface area contributed by atoms with Crippen molar-refractivity contribution in [3.8, 4) is 6.19 Å². The molecule has 0 unspecified atom stereocenters. The Balaban J connectivity index is 2.13. The molecule has 1 N–H and O–H groups in total. The van der Waals surface area contributed by atoms with Gasteiger partial charge in [-0.15, -0.1) is 0 Å². The van der Waals surface area contributed by atoms with Gasteiger partial charge in [0.05, 0.1) is 0 Å². The van der Waals surface area contributed by atoms with Crippen molar-refractivity contribution in [3.63, 3.8) is 0 Å². The summed E-state index contributed by atoms with van der Waals surface area (Å²) in [6.07, 6.45) is 5.54. The van der Waals surface area contributed by atoms with Crippen LogP contribution in [0.15, 0.2) is 30.6 Å². The molecule has 0 amide bonds. The standard InChI is InChI=1S/C13H14N6/c1-10-17-12(6-13(18-10)19(2)9-14)16-8-11-4-3-5-15-7-11/h3-7H,8H2,1-2H3,(H,16,17,18). The van der Waals surface area contributed by atoms with Crippen LogP contribution in [-0.4, -0.2) is 22.0 Å². The van der Waals surface area contributed by atoms with E-state index in [1.54, 1.807) is 32.4 Å². The summed E-state index contributed by atoms with van der Waals surface area (Å²) in [4.78, 5) is 13.9. The van der Waals surface area contributed by atoms with Crippen molar-refractivity contribution in [1.82, 2.24) is 15.0 Å². The summed E-state index contributed by atoms with van der Waals surface area (Å²) in [5.74, 6) is 1.88. The number of aryl methyl sites for hydroxylation is 1. The first-order chi connectivity index (χ1) is 9.19. The average Bonchev–Trinajstić information content (AvgIpc) is 2.45. The normalized spacial score (nSPS) is 9.74. The second-order valence-corrected chi connectivity index (χ2v) is 4.03. The van der Waals surface area contributed by atoms with E-state index in [0.29, 0.717) is 24.0 Å². The number of nitriles is 1. The Hall–Kier alpha value is -2.68. The van der Waals surface area contributed by atoms with Crippen LogP contribution in [0.1, 0.15) is 11.4 Å². The highest BCUT2D eigenvalue weighted by Crippen LogP contribution is 2.14. The molecule has 2 rings (SSSR count). The summed E-state index contributed by atoms with van der Waals surface area (Å²) in [6, 6.07) is 5.61. The van der Waals surface area contributed by atoms with Crippen molar-refractivity contribution in [3.05, 3.63) is 42.0 Å². The summed E-state index contributed by atoms with van der Waals surface area (Å²) in [7, 11) is 1.66. The van der Waals surface area contributed by atoms with Crippen LogP contribution in [0.3, 0.4) is 0 Å². The smallest absolute Gasteiger partial charge is 0.185 e. The van der Waals surface area contributed by atoms with Gasteiger partial charge in [0.1, 0.15) is 17.5 Å². The van der Waals surface area contributed by atoms with Crippen LogP contribution in [0.5, 0.6) is 0 Å². The van der Waals surface area contributed by atoms with Crippen LogP contribution >= 0.6 is 0 Å². The van der Waals surface area contributed by atoms with Crippen molar-refractivity contribution >= 4 is 11.6 Å². The first kappa shape index (κ1) is 12.8. The quantitative estimate of drug-likeness (QED) is 0.661. The van der Waals surface area contributed by atoms with Crippen molar-refractivity contribution in [2.75, 3.05) is 17.3 Å². The molecule has 2 heterocycles. The molecule has 0 spiro atoms.